The maximum Gasteiger partial charge on any atom is 0.240 e. The lowest BCUT2D eigenvalue weighted by Gasteiger charge is -2.13. The van der Waals surface area contributed by atoms with Crippen molar-refractivity contribution in [2.75, 3.05) is 40.0 Å². The Morgan fingerprint density at radius 3 is 2.67 bits per heavy atom. The van der Waals surface area contributed by atoms with Gasteiger partial charge in [-0.25, -0.2) is 13.1 Å². The fourth-order valence-corrected chi connectivity index (χ4v) is 4.27. The van der Waals surface area contributed by atoms with Crippen molar-refractivity contribution in [3.8, 4) is 0 Å². The van der Waals surface area contributed by atoms with Crippen molar-refractivity contribution in [2.45, 2.75) is 49.6 Å². The molecular weight excluding hydrogens is 404 g/mol. The molecule has 0 radical (unpaired) electrons. The van der Waals surface area contributed by atoms with E-state index in [1.54, 1.807) is 19.2 Å². The number of ether oxygens (including phenoxy) is 2. The summed E-state index contributed by atoms with van der Waals surface area (Å²) in [7, 11) is -1.79. The number of sulfonamides is 1. The van der Waals surface area contributed by atoms with Crippen molar-refractivity contribution < 1.29 is 17.9 Å². The van der Waals surface area contributed by atoms with Crippen molar-refractivity contribution in [3.05, 3.63) is 29.8 Å². The van der Waals surface area contributed by atoms with Crippen molar-refractivity contribution in [1.29, 1.82) is 0 Å². The van der Waals surface area contributed by atoms with Crippen LogP contribution < -0.4 is 15.4 Å². The molecule has 0 aromatic heterocycles. The largest absolute Gasteiger partial charge is 0.381 e. The summed E-state index contributed by atoms with van der Waals surface area (Å²) in [6.07, 6.45) is 5.42. The maximum absolute atomic E-state index is 12.4. The summed E-state index contributed by atoms with van der Waals surface area (Å²) in [6.45, 7) is 4.03. The molecular formula is C21H34N4O4S. The molecule has 1 heterocycles. The summed E-state index contributed by atoms with van der Waals surface area (Å²) in [6, 6.07) is 6.88. The number of benzene rings is 1. The lowest BCUT2D eigenvalue weighted by atomic mass is 10.2. The maximum atomic E-state index is 12.4. The van der Waals surface area contributed by atoms with E-state index in [0.717, 1.165) is 50.5 Å². The van der Waals surface area contributed by atoms with Gasteiger partial charge in [-0.2, -0.15) is 0 Å². The van der Waals surface area contributed by atoms with Gasteiger partial charge in [-0.05, 0) is 55.7 Å². The van der Waals surface area contributed by atoms with Crippen LogP contribution in [0.1, 0.15) is 37.7 Å². The molecule has 2 aliphatic rings. The Labute approximate surface area is 179 Å². The van der Waals surface area contributed by atoms with Gasteiger partial charge in [0.1, 0.15) is 0 Å². The third kappa shape index (κ3) is 7.86. The van der Waals surface area contributed by atoms with E-state index in [1.807, 2.05) is 12.1 Å². The van der Waals surface area contributed by atoms with Crippen LogP contribution in [-0.4, -0.2) is 60.4 Å². The molecule has 2 fully saturated rings. The summed E-state index contributed by atoms with van der Waals surface area (Å²) < 4.78 is 38.6. The third-order valence-corrected chi connectivity index (χ3v) is 6.69. The zero-order valence-corrected chi connectivity index (χ0v) is 18.5. The van der Waals surface area contributed by atoms with Gasteiger partial charge in [0.15, 0.2) is 5.96 Å². The van der Waals surface area contributed by atoms with Crippen LogP contribution in [0.5, 0.6) is 0 Å². The van der Waals surface area contributed by atoms with Crippen molar-refractivity contribution in [2.24, 2.45) is 10.9 Å². The van der Waals surface area contributed by atoms with Crippen LogP contribution in [0.2, 0.25) is 0 Å². The van der Waals surface area contributed by atoms with Gasteiger partial charge >= 0.3 is 0 Å². The molecule has 1 unspecified atom stereocenters. The Morgan fingerprint density at radius 1 is 1.20 bits per heavy atom. The van der Waals surface area contributed by atoms with E-state index in [1.165, 1.54) is 12.8 Å². The molecule has 1 aliphatic carbocycles. The summed E-state index contributed by atoms with van der Waals surface area (Å²) >= 11 is 0. The molecule has 3 rings (SSSR count). The highest BCUT2D eigenvalue weighted by atomic mass is 32.2. The minimum atomic E-state index is -3.52. The van der Waals surface area contributed by atoms with Crippen molar-refractivity contribution in [3.63, 3.8) is 0 Å². The van der Waals surface area contributed by atoms with Gasteiger partial charge in [-0.15, -0.1) is 0 Å². The van der Waals surface area contributed by atoms with E-state index < -0.39 is 10.0 Å². The number of hydrogen-bond donors (Lipinski definition) is 3. The van der Waals surface area contributed by atoms with Crippen LogP contribution in [0.3, 0.4) is 0 Å². The fourth-order valence-electron chi connectivity index (χ4n) is 3.20. The Kier molecular flexibility index (Phi) is 8.92. The summed E-state index contributed by atoms with van der Waals surface area (Å²) in [5.41, 5.74) is 0.976. The highest BCUT2D eigenvalue weighted by molar-refractivity contribution is 7.89. The highest BCUT2D eigenvalue weighted by Crippen LogP contribution is 2.28. The first-order valence-electron chi connectivity index (χ1n) is 10.8. The van der Waals surface area contributed by atoms with Gasteiger partial charge < -0.3 is 20.1 Å². The molecule has 1 aromatic carbocycles. The fraction of sp³-hybridized carbons (Fsp3) is 0.667. The molecule has 1 saturated carbocycles. The van der Waals surface area contributed by atoms with E-state index in [0.29, 0.717) is 25.7 Å². The Hall–Kier alpha value is -1.68. The molecule has 8 nitrogen and oxygen atoms in total. The Balaban J connectivity index is 1.36. The quantitative estimate of drug-likeness (QED) is 0.260. The number of guanidine groups is 1. The minimum absolute atomic E-state index is 0.0211. The second-order valence-corrected chi connectivity index (χ2v) is 9.62. The zero-order chi connectivity index (χ0) is 21.2. The highest BCUT2D eigenvalue weighted by Gasteiger charge is 2.21. The molecule has 9 heteroatoms. The standard InChI is InChI=1S/C21H34N4O4S/c1-22-21(23-11-3-12-28-16-18-5-6-18)24-14-17-7-9-20(10-8-17)30(26,27)25-15-19-4-2-13-29-19/h7-10,18-19,25H,2-6,11-16H2,1H3,(H2,22,23,24). The van der Waals surface area contributed by atoms with Gasteiger partial charge in [0.2, 0.25) is 10.0 Å². The summed E-state index contributed by atoms with van der Waals surface area (Å²) in [5.74, 6) is 1.51. The smallest absolute Gasteiger partial charge is 0.240 e. The molecule has 0 spiro atoms. The number of hydrogen-bond acceptors (Lipinski definition) is 5. The number of nitrogens with one attached hydrogen (secondary N) is 3. The van der Waals surface area contributed by atoms with Crippen LogP contribution in [0.15, 0.2) is 34.2 Å². The average Bonchev–Trinajstić information content (AvgIpc) is 3.43. The molecule has 0 amide bonds. The zero-order valence-electron chi connectivity index (χ0n) is 17.7. The number of rotatable bonds is 12. The predicted octanol–water partition coefficient (Wildman–Crippen LogP) is 1.63. The monoisotopic (exact) mass is 438 g/mol. The Morgan fingerprint density at radius 2 is 2.00 bits per heavy atom. The van der Waals surface area contributed by atoms with Crippen LogP contribution in [0, 0.1) is 5.92 Å². The van der Waals surface area contributed by atoms with Gasteiger partial charge in [0.05, 0.1) is 11.0 Å². The van der Waals surface area contributed by atoms with Gasteiger partial charge in [0.25, 0.3) is 0 Å². The van der Waals surface area contributed by atoms with Crippen molar-refractivity contribution in [1.82, 2.24) is 15.4 Å². The van der Waals surface area contributed by atoms with Gasteiger partial charge in [-0.1, -0.05) is 12.1 Å². The molecule has 3 N–H and O–H groups in total. The average molecular weight is 439 g/mol. The predicted molar refractivity (Wildman–Crippen MR) is 117 cm³/mol. The molecule has 1 aromatic rings. The molecule has 30 heavy (non-hydrogen) atoms. The van der Waals surface area contributed by atoms with E-state index in [2.05, 4.69) is 20.3 Å². The van der Waals surface area contributed by atoms with Gasteiger partial charge in [-0.3, -0.25) is 4.99 Å². The van der Waals surface area contributed by atoms with E-state index >= 15 is 0 Å². The first kappa shape index (κ1) is 23.0. The van der Waals surface area contributed by atoms with E-state index in [-0.39, 0.29) is 11.0 Å². The number of aliphatic imine (C=N–C) groups is 1. The molecule has 1 saturated heterocycles. The Bertz CT molecular complexity index is 773. The molecule has 1 aliphatic heterocycles. The minimum Gasteiger partial charge on any atom is -0.381 e. The van der Waals surface area contributed by atoms with E-state index in [4.69, 9.17) is 9.47 Å². The third-order valence-electron chi connectivity index (χ3n) is 5.25. The second kappa shape index (κ2) is 11.6. The molecule has 1 atom stereocenters. The SMILES string of the molecule is CN=C(NCCCOCC1CC1)NCc1ccc(S(=O)(=O)NCC2CCCO2)cc1. The van der Waals surface area contributed by atoms with Crippen LogP contribution >= 0.6 is 0 Å². The topological polar surface area (TPSA) is 101 Å². The van der Waals surface area contributed by atoms with Crippen LogP contribution in [0.25, 0.3) is 0 Å². The summed E-state index contributed by atoms with van der Waals surface area (Å²) in [4.78, 5) is 4.48. The van der Waals surface area contributed by atoms with E-state index in [9.17, 15) is 8.42 Å². The van der Waals surface area contributed by atoms with Gasteiger partial charge in [0, 0.05) is 46.5 Å². The van der Waals surface area contributed by atoms with Crippen LogP contribution in [0.4, 0.5) is 0 Å². The first-order valence-corrected chi connectivity index (χ1v) is 12.3. The number of nitrogens with zero attached hydrogens (tertiary/aromatic N) is 1. The molecule has 0 bridgehead atoms. The lowest BCUT2D eigenvalue weighted by molar-refractivity contribution is 0.114. The first-order chi connectivity index (χ1) is 14.6. The van der Waals surface area contributed by atoms with Crippen molar-refractivity contribution >= 4 is 16.0 Å². The lowest BCUT2D eigenvalue weighted by Crippen LogP contribution is -2.37. The summed E-state index contributed by atoms with van der Waals surface area (Å²) in [5, 5.41) is 6.51. The molecule has 168 valence electrons. The second-order valence-electron chi connectivity index (χ2n) is 7.86. The normalized spacial score (nSPS) is 19.8. The van der Waals surface area contributed by atoms with Crippen LogP contribution in [-0.2, 0) is 26.0 Å².